The number of halogens is 1. The Labute approximate surface area is 189 Å². The number of imide groups is 1. The maximum absolute atomic E-state index is 13.1. The summed E-state index contributed by atoms with van der Waals surface area (Å²) in [4.78, 5) is 29.2. The summed E-state index contributed by atoms with van der Waals surface area (Å²) in [6.07, 6.45) is 5.05. The van der Waals surface area contributed by atoms with E-state index in [4.69, 9.17) is 0 Å². The molecule has 2 aliphatic rings. The topological polar surface area (TPSA) is 52.7 Å². The number of hydrogen-bond donors (Lipinski definition) is 1. The Morgan fingerprint density at radius 2 is 1.69 bits per heavy atom. The fourth-order valence-corrected chi connectivity index (χ4v) is 4.92. The van der Waals surface area contributed by atoms with Crippen LogP contribution >= 0.6 is 0 Å². The Morgan fingerprint density at radius 1 is 0.969 bits per heavy atom. The summed E-state index contributed by atoms with van der Waals surface area (Å²) >= 11 is 0. The molecule has 0 aliphatic carbocycles. The summed E-state index contributed by atoms with van der Waals surface area (Å²) in [6.45, 7) is 3.50. The van der Waals surface area contributed by atoms with E-state index in [-0.39, 0.29) is 23.8 Å². The first kappa shape index (κ1) is 22.5. The van der Waals surface area contributed by atoms with Crippen molar-refractivity contribution in [2.45, 2.75) is 50.5 Å². The second-order valence-corrected chi connectivity index (χ2v) is 8.84. The SMILES string of the molecule is O=C1CCCC(c2ccccc2)N1C(=O)NCCCN1CCC(c2ccc(F)cc2)CC1. The zero-order chi connectivity index (χ0) is 22.3. The van der Waals surface area contributed by atoms with Crippen LogP contribution in [0, 0.1) is 5.82 Å². The highest BCUT2D eigenvalue weighted by Gasteiger charge is 2.33. The van der Waals surface area contributed by atoms with Crippen LogP contribution in [0.3, 0.4) is 0 Å². The molecule has 1 atom stereocenters. The summed E-state index contributed by atoms with van der Waals surface area (Å²) in [7, 11) is 0. The van der Waals surface area contributed by atoms with Gasteiger partial charge >= 0.3 is 6.03 Å². The summed E-state index contributed by atoms with van der Waals surface area (Å²) in [5.74, 6) is 0.214. The number of nitrogens with zero attached hydrogens (tertiary/aromatic N) is 2. The number of piperidine rings is 2. The van der Waals surface area contributed by atoms with Crippen molar-refractivity contribution in [3.8, 4) is 0 Å². The molecule has 0 saturated carbocycles. The fraction of sp³-hybridized carbons (Fsp3) is 0.462. The van der Waals surface area contributed by atoms with E-state index in [0.717, 1.165) is 57.3 Å². The van der Waals surface area contributed by atoms with Crippen molar-refractivity contribution in [3.05, 3.63) is 71.5 Å². The van der Waals surface area contributed by atoms with Crippen molar-refractivity contribution < 1.29 is 14.0 Å². The van der Waals surface area contributed by atoms with Crippen LogP contribution in [0.5, 0.6) is 0 Å². The molecule has 2 aromatic carbocycles. The lowest BCUT2D eigenvalue weighted by atomic mass is 9.89. The molecule has 0 bridgehead atoms. The average molecular weight is 438 g/mol. The van der Waals surface area contributed by atoms with Crippen LogP contribution in [0.4, 0.5) is 9.18 Å². The van der Waals surface area contributed by atoms with Crippen LogP contribution in [0.15, 0.2) is 54.6 Å². The molecule has 4 rings (SSSR count). The minimum atomic E-state index is -0.279. The van der Waals surface area contributed by atoms with Gasteiger partial charge < -0.3 is 10.2 Å². The van der Waals surface area contributed by atoms with Gasteiger partial charge in [-0.3, -0.25) is 9.69 Å². The van der Waals surface area contributed by atoms with Gasteiger partial charge in [-0.15, -0.1) is 0 Å². The van der Waals surface area contributed by atoms with Crippen molar-refractivity contribution in [1.82, 2.24) is 15.1 Å². The minimum Gasteiger partial charge on any atom is -0.338 e. The summed E-state index contributed by atoms with van der Waals surface area (Å²) in [6, 6.07) is 16.2. The molecule has 2 aromatic rings. The second-order valence-electron chi connectivity index (χ2n) is 8.84. The van der Waals surface area contributed by atoms with Crippen LogP contribution in [0.2, 0.25) is 0 Å². The van der Waals surface area contributed by atoms with Gasteiger partial charge in [-0.2, -0.15) is 0 Å². The third kappa shape index (κ3) is 5.54. The predicted molar refractivity (Wildman–Crippen MR) is 123 cm³/mol. The number of amides is 3. The second kappa shape index (κ2) is 10.7. The van der Waals surface area contributed by atoms with Gasteiger partial charge in [0.25, 0.3) is 0 Å². The van der Waals surface area contributed by atoms with Gasteiger partial charge in [-0.25, -0.2) is 9.18 Å². The highest BCUT2D eigenvalue weighted by Crippen LogP contribution is 2.31. The highest BCUT2D eigenvalue weighted by atomic mass is 19.1. The van der Waals surface area contributed by atoms with Gasteiger partial charge in [-0.05, 0) is 80.9 Å². The average Bonchev–Trinajstić information content (AvgIpc) is 2.83. The monoisotopic (exact) mass is 437 g/mol. The predicted octanol–water partition coefficient (Wildman–Crippen LogP) is 4.86. The van der Waals surface area contributed by atoms with Gasteiger partial charge in [0.2, 0.25) is 5.91 Å². The van der Waals surface area contributed by atoms with E-state index in [1.54, 1.807) is 12.1 Å². The van der Waals surface area contributed by atoms with Crippen LogP contribution in [-0.4, -0.2) is 47.9 Å². The molecule has 1 unspecified atom stereocenters. The van der Waals surface area contributed by atoms with E-state index >= 15 is 0 Å². The van der Waals surface area contributed by atoms with E-state index in [1.165, 1.54) is 10.5 Å². The zero-order valence-corrected chi connectivity index (χ0v) is 18.5. The van der Waals surface area contributed by atoms with Crippen molar-refractivity contribution >= 4 is 11.9 Å². The molecule has 2 saturated heterocycles. The Balaban J connectivity index is 1.21. The molecule has 32 heavy (non-hydrogen) atoms. The first-order valence-electron chi connectivity index (χ1n) is 11.7. The summed E-state index contributed by atoms with van der Waals surface area (Å²) < 4.78 is 13.1. The first-order valence-corrected chi connectivity index (χ1v) is 11.7. The van der Waals surface area contributed by atoms with Crippen LogP contribution in [0.1, 0.15) is 61.6 Å². The molecule has 2 fully saturated rings. The number of rotatable bonds is 6. The summed E-state index contributed by atoms with van der Waals surface area (Å²) in [5, 5.41) is 2.97. The van der Waals surface area contributed by atoms with Gasteiger partial charge in [0, 0.05) is 13.0 Å². The van der Waals surface area contributed by atoms with Gasteiger partial charge in [-0.1, -0.05) is 42.5 Å². The maximum atomic E-state index is 13.1. The van der Waals surface area contributed by atoms with E-state index < -0.39 is 0 Å². The normalized spacial score (nSPS) is 20.3. The lowest BCUT2D eigenvalue weighted by Gasteiger charge is -2.34. The van der Waals surface area contributed by atoms with E-state index in [1.807, 2.05) is 42.5 Å². The molecular formula is C26H32FN3O2. The quantitative estimate of drug-likeness (QED) is 0.657. The standard InChI is InChI=1S/C26H32FN3O2/c27-23-12-10-20(11-13-23)21-14-18-29(19-15-21)17-5-16-28-26(32)30-24(8-4-9-25(30)31)22-6-2-1-3-7-22/h1-3,6-7,10-13,21,24H,4-5,8-9,14-19H2,(H,28,32). The molecule has 0 radical (unpaired) electrons. The lowest BCUT2D eigenvalue weighted by Crippen LogP contribution is -2.48. The molecule has 170 valence electrons. The molecule has 0 aromatic heterocycles. The number of carbonyl (C=O) groups is 2. The molecular weight excluding hydrogens is 405 g/mol. The molecule has 2 heterocycles. The molecule has 1 N–H and O–H groups in total. The van der Waals surface area contributed by atoms with Gasteiger partial charge in [0.05, 0.1) is 6.04 Å². The third-order valence-electron chi connectivity index (χ3n) is 6.71. The number of nitrogens with one attached hydrogen (secondary N) is 1. The Hall–Kier alpha value is -2.73. The van der Waals surface area contributed by atoms with Crippen LogP contribution in [-0.2, 0) is 4.79 Å². The number of hydrogen-bond acceptors (Lipinski definition) is 3. The lowest BCUT2D eigenvalue weighted by molar-refractivity contribution is -0.132. The fourth-order valence-electron chi connectivity index (χ4n) is 4.92. The van der Waals surface area contributed by atoms with Crippen LogP contribution < -0.4 is 5.32 Å². The molecule has 0 spiro atoms. The van der Waals surface area contributed by atoms with Crippen molar-refractivity contribution in [2.24, 2.45) is 0 Å². The van der Waals surface area contributed by atoms with E-state index in [2.05, 4.69) is 10.2 Å². The first-order chi connectivity index (χ1) is 15.6. The Morgan fingerprint density at radius 3 is 2.41 bits per heavy atom. The van der Waals surface area contributed by atoms with Crippen molar-refractivity contribution in [3.63, 3.8) is 0 Å². The number of urea groups is 1. The van der Waals surface area contributed by atoms with E-state index in [9.17, 15) is 14.0 Å². The van der Waals surface area contributed by atoms with Crippen molar-refractivity contribution in [1.29, 1.82) is 0 Å². The number of benzene rings is 2. The van der Waals surface area contributed by atoms with Crippen LogP contribution in [0.25, 0.3) is 0 Å². The van der Waals surface area contributed by atoms with E-state index in [0.29, 0.717) is 18.9 Å². The third-order valence-corrected chi connectivity index (χ3v) is 6.71. The molecule has 2 aliphatic heterocycles. The molecule has 5 nitrogen and oxygen atoms in total. The molecule has 3 amide bonds. The van der Waals surface area contributed by atoms with Gasteiger partial charge in [0.15, 0.2) is 0 Å². The number of likely N-dealkylation sites (tertiary alicyclic amines) is 2. The smallest absolute Gasteiger partial charge is 0.324 e. The Kier molecular flexibility index (Phi) is 7.53. The highest BCUT2D eigenvalue weighted by molar-refractivity contribution is 5.95. The van der Waals surface area contributed by atoms with Crippen molar-refractivity contribution in [2.75, 3.05) is 26.2 Å². The zero-order valence-electron chi connectivity index (χ0n) is 18.5. The minimum absolute atomic E-state index is 0.0922. The maximum Gasteiger partial charge on any atom is 0.324 e. The summed E-state index contributed by atoms with van der Waals surface area (Å²) in [5.41, 5.74) is 2.23. The Bertz CT molecular complexity index is 895. The largest absolute Gasteiger partial charge is 0.338 e. The molecule has 6 heteroatoms. The number of carbonyl (C=O) groups excluding carboxylic acids is 2. The van der Waals surface area contributed by atoms with Gasteiger partial charge in [0.1, 0.15) is 5.82 Å².